The van der Waals surface area contributed by atoms with Gasteiger partial charge in [0.1, 0.15) is 0 Å². The maximum atomic E-state index is 11.9. The number of carbonyl (C=O) groups excluding carboxylic acids is 1. The average Bonchev–Trinajstić information content (AvgIpc) is 2.90. The maximum absolute atomic E-state index is 11.9. The molecule has 0 atom stereocenters. The van der Waals surface area contributed by atoms with Crippen LogP contribution in [-0.4, -0.2) is 16.0 Å². The van der Waals surface area contributed by atoms with Crippen LogP contribution in [0.4, 0.5) is 11.4 Å². The van der Waals surface area contributed by atoms with Crippen molar-refractivity contribution in [3.05, 3.63) is 35.5 Å². The maximum Gasteiger partial charge on any atom is 0.227 e. The molecular formula is C15H21ClN4O2. The lowest BCUT2D eigenvalue weighted by atomic mass is 10.1. The quantitative estimate of drug-likeness (QED) is 0.824. The number of nitrogen functional groups attached to an aromatic ring is 1. The fourth-order valence-electron chi connectivity index (χ4n) is 1.81. The van der Waals surface area contributed by atoms with Crippen LogP contribution in [0.2, 0.25) is 0 Å². The Kier molecular flexibility index (Phi) is 6.37. The van der Waals surface area contributed by atoms with Gasteiger partial charge >= 0.3 is 0 Å². The number of nitrogens with one attached hydrogen (secondary N) is 1. The minimum Gasteiger partial charge on any atom is -0.399 e. The van der Waals surface area contributed by atoms with E-state index in [1.807, 2.05) is 26.8 Å². The number of halogens is 1. The van der Waals surface area contributed by atoms with E-state index in [0.29, 0.717) is 23.8 Å². The number of benzene rings is 1. The van der Waals surface area contributed by atoms with Crippen LogP contribution in [-0.2, 0) is 11.2 Å². The smallest absolute Gasteiger partial charge is 0.227 e. The zero-order chi connectivity index (χ0) is 15.4. The van der Waals surface area contributed by atoms with Gasteiger partial charge in [0.2, 0.25) is 11.8 Å². The van der Waals surface area contributed by atoms with E-state index >= 15 is 0 Å². The lowest BCUT2D eigenvalue weighted by molar-refractivity contribution is -0.116. The van der Waals surface area contributed by atoms with Gasteiger partial charge in [0, 0.05) is 30.1 Å². The molecule has 7 heteroatoms. The molecule has 0 bridgehead atoms. The molecule has 0 spiro atoms. The van der Waals surface area contributed by atoms with Crippen molar-refractivity contribution < 1.29 is 9.32 Å². The zero-order valence-corrected chi connectivity index (χ0v) is 13.7. The molecule has 2 rings (SSSR count). The second kappa shape index (κ2) is 7.79. The molecule has 0 aliphatic carbocycles. The Labute approximate surface area is 135 Å². The highest BCUT2D eigenvalue weighted by atomic mass is 35.5. The van der Waals surface area contributed by atoms with E-state index in [1.165, 1.54) is 0 Å². The van der Waals surface area contributed by atoms with Gasteiger partial charge in [0.05, 0.1) is 0 Å². The van der Waals surface area contributed by atoms with Crippen molar-refractivity contribution in [2.45, 2.75) is 39.5 Å². The van der Waals surface area contributed by atoms with E-state index in [4.69, 9.17) is 10.3 Å². The number of anilines is 2. The van der Waals surface area contributed by atoms with Crippen LogP contribution in [0.1, 0.15) is 43.5 Å². The normalized spacial score (nSPS) is 10.4. The second-order valence-corrected chi connectivity index (χ2v) is 5.32. The van der Waals surface area contributed by atoms with Crippen LogP contribution < -0.4 is 11.1 Å². The number of rotatable bonds is 5. The predicted molar refractivity (Wildman–Crippen MR) is 88.2 cm³/mol. The van der Waals surface area contributed by atoms with Gasteiger partial charge in [-0.15, -0.1) is 12.4 Å². The second-order valence-electron chi connectivity index (χ2n) is 5.32. The van der Waals surface area contributed by atoms with Crippen molar-refractivity contribution in [3.63, 3.8) is 0 Å². The van der Waals surface area contributed by atoms with Crippen LogP contribution in [0.3, 0.4) is 0 Å². The molecule has 0 saturated carbocycles. The summed E-state index contributed by atoms with van der Waals surface area (Å²) in [5, 5.41) is 6.71. The van der Waals surface area contributed by atoms with Crippen molar-refractivity contribution in [1.29, 1.82) is 0 Å². The summed E-state index contributed by atoms with van der Waals surface area (Å²) in [6, 6.07) is 5.42. The molecule has 1 amide bonds. The number of carbonyl (C=O) groups is 1. The van der Waals surface area contributed by atoms with E-state index in [-0.39, 0.29) is 30.7 Å². The molecule has 3 N–H and O–H groups in total. The van der Waals surface area contributed by atoms with Gasteiger partial charge in [0.15, 0.2) is 5.82 Å². The van der Waals surface area contributed by atoms with Crippen molar-refractivity contribution >= 4 is 29.7 Å². The monoisotopic (exact) mass is 324 g/mol. The van der Waals surface area contributed by atoms with Crippen molar-refractivity contribution in [3.8, 4) is 0 Å². The number of hydrogen-bond acceptors (Lipinski definition) is 5. The first-order valence-electron chi connectivity index (χ1n) is 6.94. The average molecular weight is 325 g/mol. The van der Waals surface area contributed by atoms with E-state index in [1.54, 1.807) is 12.1 Å². The number of aromatic nitrogens is 2. The first-order chi connectivity index (χ1) is 9.95. The molecule has 0 saturated heterocycles. The first-order valence-corrected chi connectivity index (χ1v) is 6.94. The molecule has 1 aromatic carbocycles. The Hall–Kier alpha value is -2.08. The van der Waals surface area contributed by atoms with Crippen LogP contribution in [0.25, 0.3) is 0 Å². The molecule has 0 radical (unpaired) electrons. The molecule has 1 aromatic heterocycles. The predicted octanol–water partition coefficient (Wildman–Crippen LogP) is 3.08. The zero-order valence-electron chi connectivity index (χ0n) is 12.9. The van der Waals surface area contributed by atoms with Gasteiger partial charge in [-0.3, -0.25) is 4.79 Å². The molecule has 0 aliphatic rings. The highest BCUT2D eigenvalue weighted by Gasteiger charge is 2.12. The summed E-state index contributed by atoms with van der Waals surface area (Å²) in [6.45, 7) is 5.90. The molecule has 0 fully saturated rings. The molecule has 0 aliphatic heterocycles. The summed E-state index contributed by atoms with van der Waals surface area (Å²) >= 11 is 0. The van der Waals surface area contributed by atoms with Crippen LogP contribution in [0.5, 0.6) is 0 Å². The molecular weight excluding hydrogens is 304 g/mol. The third-order valence-corrected chi connectivity index (χ3v) is 3.10. The Balaban J connectivity index is 0.00000242. The SMILES string of the molecule is Cc1ccc(N)cc1NC(=O)CCc1nc(C(C)C)no1.Cl. The number of hydrogen-bond donors (Lipinski definition) is 2. The summed E-state index contributed by atoms with van der Waals surface area (Å²) in [4.78, 5) is 16.2. The minimum atomic E-state index is -0.104. The Bertz CT molecular complexity index is 640. The van der Waals surface area contributed by atoms with Crippen LogP contribution in [0.15, 0.2) is 22.7 Å². The van der Waals surface area contributed by atoms with Gasteiger partial charge in [-0.2, -0.15) is 4.98 Å². The van der Waals surface area contributed by atoms with Crippen LogP contribution in [0, 0.1) is 6.92 Å². The lowest BCUT2D eigenvalue weighted by Gasteiger charge is -2.08. The largest absolute Gasteiger partial charge is 0.399 e. The number of nitrogens with zero attached hydrogens (tertiary/aromatic N) is 2. The number of aryl methyl sites for hydroxylation is 2. The van der Waals surface area contributed by atoms with E-state index in [0.717, 1.165) is 11.3 Å². The van der Waals surface area contributed by atoms with Gasteiger partial charge < -0.3 is 15.6 Å². The van der Waals surface area contributed by atoms with Gasteiger partial charge in [-0.05, 0) is 24.6 Å². The summed E-state index contributed by atoms with van der Waals surface area (Å²) in [7, 11) is 0. The third kappa shape index (κ3) is 4.73. The minimum absolute atomic E-state index is 0. The summed E-state index contributed by atoms with van der Waals surface area (Å²) < 4.78 is 5.11. The fraction of sp³-hybridized carbons (Fsp3) is 0.400. The van der Waals surface area contributed by atoms with E-state index in [2.05, 4.69) is 15.5 Å². The molecule has 2 aromatic rings. The Morgan fingerprint density at radius 1 is 1.41 bits per heavy atom. The topological polar surface area (TPSA) is 94.0 Å². The van der Waals surface area contributed by atoms with Gasteiger partial charge in [0.25, 0.3) is 0 Å². The summed E-state index contributed by atoms with van der Waals surface area (Å²) in [6.07, 6.45) is 0.709. The molecule has 1 heterocycles. The number of amides is 1. The Morgan fingerprint density at radius 2 is 2.14 bits per heavy atom. The molecule has 0 unspecified atom stereocenters. The van der Waals surface area contributed by atoms with Crippen molar-refractivity contribution in [2.24, 2.45) is 0 Å². The first kappa shape index (κ1) is 18.0. The number of nitrogens with two attached hydrogens (primary N) is 1. The van der Waals surface area contributed by atoms with Gasteiger partial charge in [-0.1, -0.05) is 25.1 Å². The van der Waals surface area contributed by atoms with Crippen LogP contribution >= 0.6 is 12.4 Å². The summed E-state index contributed by atoms with van der Waals surface area (Å²) in [5.74, 6) is 1.26. The highest BCUT2D eigenvalue weighted by Crippen LogP contribution is 2.18. The van der Waals surface area contributed by atoms with Crippen molar-refractivity contribution in [2.75, 3.05) is 11.1 Å². The van der Waals surface area contributed by atoms with Gasteiger partial charge in [-0.25, -0.2) is 0 Å². The highest BCUT2D eigenvalue weighted by molar-refractivity contribution is 5.92. The van der Waals surface area contributed by atoms with E-state index < -0.39 is 0 Å². The molecule has 6 nitrogen and oxygen atoms in total. The fourth-order valence-corrected chi connectivity index (χ4v) is 1.81. The van der Waals surface area contributed by atoms with E-state index in [9.17, 15) is 4.79 Å². The van der Waals surface area contributed by atoms with Crippen molar-refractivity contribution in [1.82, 2.24) is 10.1 Å². The Morgan fingerprint density at radius 3 is 2.77 bits per heavy atom. The standard InChI is InChI=1S/C15H20N4O2.ClH/c1-9(2)15-18-14(21-19-15)7-6-13(20)17-12-8-11(16)5-4-10(12)3;/h4-5,8-9H,6-7,16H2,1-3H3,(H,17,20);1H. The lowest BCUT2D eigenvalue weighted by Crippen LogP contribution is -2.13. The molecule has 120 valence electrons. The summed E-state index contributed by atoms with van der Waals surface area (Å²) in [5.41, 5.74) is 8.03. The third-order valence-electron chi connectivity index (χ3n) is 3.10. The molecule has 22 heavy (non-hydrogen) atoms.